The van der Waals surface area contributed by atoms with Crippen molar-refractivity contribution < 1.29 is 5.11 Å². The van der Waals surface area contributed by atoms with E-state index < -0.39 is 5.60 Å². The number of anilines is 1. The van der Waals surface area contributed by atoms with Gasteiger partial charge in [-0.2, -0.15) is 5.10 Å². The maximum atomic E-state index is 9.97. The summed E-state index contributed by atoms with van der Waals surface area (Å²) in [5.74, 6) is 0. The highest BCUT2D eigenvalue weighted by atomic mass is 35.5. The number of aliphatic hydroxyl groups is 1. The summed E-state index contributed by atoms with van der Waals surface area (Å²) in [6.07, 6.45) is 3.31. The Morgan fingerprint density at radius 3 is 2.83 bits per heavy atom. The van der Waals surface area contributed by atoms with Gasteiger partial charge in [0.1, 0.15) is 0 Å². The normalized spacial score (nSPS) is 19.4. The minimum absolute atomic E-state index is 0.541. The number of halogens is 1. The molecular weight excluding hydrogens is 250 g/mol. The third-order valence-electron chi connectivity index (χ3n) is 3.69. The van der Waals surface area contributed by atoms with Crippen molar-refractivity contribution in [3.8, 4) is 0 Å². The predicted octanol–water partition coefficient (Wildman–Crippen LogP) is 2.57. The standard InChI is InChI=1S/C13H16ClN3O/c1-13(18)2-4-17(5-3-13)12-7-11-9(6-10(12)14)8-15-16-11/h6-8,18H,2-5H2,1H3,(H,15,16). The Morgan fingerprint density at radius 2 is 2.11 bits per heavy atom. The second-order valence-corrected chi connectivity index (χ2v) is 5.65. The largest absolute Gasteiger partial charge is 0.390 e. The molecule has 0 spiro atoms. The van der Waals surface area contributed by atoms with Crippen molar-refractivity contribution in [2.24, 2.45) is 0 Å². The van der Waals surface area contributed by atoms with Crippen LogP contribution in [0.3, 0.4) is 0 Å². The molecule has 5 heteroatoms. The molecule has 0 bridgehead atoms. The zero-order valence-corrected chi connectivity index (χ0v) is 11.0. The quantitative estimate of drug-likeness (QED) is 0.833. The number of H-pyrrole nitrogens is 1. The number of nitrogens with zero attached hydrogens (tertiary/aromatic N) is 2. The molecule has 96 valence electrons. The first-order chi connectivity index (χ1) is 8.55. The van der Waals surface area contributed by atoms with Crippen LogP contribution in [0.25, 0.3) is 10.9 Å². The first kappa shape index (κ1) is 11.8. The van der Waals surface area contributed by atoms with Crippen molar-refractivity contribution in [2.45, 2.75) is 25.4 Å². The fourth-order valence-electron chi connectivity index (χ4n) is 2.42. The van der Waals surface area contributed by atoms with Gasteiger partial charge in [-0.05, 0) is 31.9 Å². The van der Waals surface area contributed by atoms with Crippen molar-refractivity contribution in [3.05, 3.63) is 23.4 Å². The highest BCUT2D eigenvalue weighted by Gasteiger charge is 2.28. The van der Waals surface area contributed by atoms with E-state index in [4.69, 9.17) is 11.6 Å². The maximum absolute atomic E-state index is 9.97. The number of piperidine rings is 1. The van der Waals surface area contributed by atoms with Gasteiger partial charge >= 0.3 is 0 Å². The van der Waals surface area contributed by atoms with Gasteiger partial charge in [-0.25, -0.2) is 0 Å². The Kier molecular flexibility index (Phi) is 2.72. The summed E-state index contributed by atoms with van der Waals surface area (Å²) >= 11 is 6.32. The Morgan fingerprint density at radius 1 is 1.39 bits per heavy atom. The first-order valence-electron chi connectivity index (χ1n) is 6.15. The lowest BCUT2D eigenvalue weighted by Crippen LogP contribution is -2.42. The average Bonchev–Trinajstić information content (AvgIpc) is 2.75. The molecule has 0 unspecified atom stereocenters. The van der Waals surface area contributed by atoms with Crippen LogP contribution in [-0.4, -0.2) is 34.0 Å². The minimum Gasteiger partial charge on any atom is -0.390 e. The number of nitrogens with one attached hydrogen (secondary N) is 1. The fraction of sp³-hybridized carbons (Fsp3) is 0.462. The van der Waals surface area contributed by atoms with Gasteiger partial charge in [-0.15, -0.1) is 0 Å². The van der Waals surface area contributed by atoms with Crippen LogP contribution in [0.1, 0.15) is 19.8 Å². The van der Waals surface area contributed by atoms with Gasteiger partial charge in [-0.1, -0.05) is 11.6 Å². The monoisotopic (exact) mass is 265 g/mol. The van der Waals surface area contributed by atoms with Crippen molar-refractivity contribution in [1.29, 1.82) is 0 Å². The molecule has 1 fully saturated rings. The molecule has 1 aromatic carbocycles. The molecule has 2 N–H and O–H groups in total. The second kappa shape index (κ2) is 4.14. The molecule has 2 heterocycles. The van der Waals surface area contributed by atoms with Crippen LogP contribution in [-0.2, 0) is 0 Å². The van der Waals surface area contributed by atoms with Crippen LogP contribution in [0.15, 0.2) is 18.3 Å². The molecule has 0 atom stereocenters. The van der Waals surface area contributed by atoms with E-state index in [0.717, 1.165) is 47.5 Å². The van der Waals surface area contributed by atoms with E-state index in [1.54, 1.807) is 6.20 Å². The fourth-order valence-corrected chi connectivity index (χ4v) is 2.72. The zero-order chi connectivity index (χ0) is 12.8. The third kappa shape index (κ3) is 2.06. The summed E-state index contributed by atoms with van der Waals surface area (Å²) in [6.45, 7) is 3.54. The molecule has 1 aliphatic heterocycles. The number of hydrogen-bond acceptors (Lipinski definition) is 3. The molecule has 3 rings (SSSR count). The lowest BCUT2D eigenvalue weighted by atomic mass is 9.93. The van der Waals surface area contributed by atoms with Crippen LogP contribution in [0, 0.1) is 0 Å². The van der Waals surface area contributed by atoms with Gasteiger partial charge in [0.2, 0.25) is 0 Å². The van der Waals surface area contributed by atoms with Gasteiger partial charge in [0.15, 0.2) is 0 Å². The van der Waals surface area contributed by atoms with Crippen LogP contribution in [0.5, 0.6) is 0 Å². The van der Waals surface area contributed by atoms with E-state index >= 15 is 0 Å². The van der Waals surface area contributed by atoms with Gasteiger partial charge in [0.05, 0.1) is 28.0 Å². The lowest BCUT2D eigenvalue weighted by Gasteiger charge is -2.37. The van der Waals surface area contributed by atoms with Gasteiger partial charge in [0, 0.05) is 18.5 Å². The summed E-state index contributed by atoms with van der Waals surface area (Å²) in [5, 5.41) is 18.7. The van der Waals surface area contributed by atoms with Crippen LogP contribution >= 0.6 is 11.6 Å². The third-order valence-corrected chi connectivity index (χ3v) is 3.99. The van der Waals surface area contributed by atoms with Crippen LogP contribution < -0.4 is 4.90 Å². The Labute approximate surface area is 111 Å². The Balaban J connectivity index is 1.92. The minimum atomic E-state index is -0.541. The summed E-state index contributed by atoms with van der Waals surface area (Å²) in [6, 6.07) is 3.97. The molecule has 0 radical (unpaired) electrons. The first-order valence-corrected chi connectivity index (χ1v) is 6.53. The molecule has 0 saturated carbocycles. The van der Waals surface area contributed by atoms with Crippen LogP contribution in [0.4, 0.5) is 5.69 Å². The Bertz CT molecular complexity index is 569. The Hall–Kier alpha value is -1.26. The highest BCUT2D eigenvalue weighted by Crippen LogP contribution is 2.33. The van der Waals surface area contributed by atoms with E-state index in [-0.39, 0.29) is 0 Å². The van der Waals surface area contributed by atoms with E-state index in [2.05, 4.69) is 15.1 Å². The summed E-state index contributed by atoms with van der Waals surface area (Å²) in [4.78, 5) is 2.22. The number of rotatable bonds is 1. The summed E-state index contributed by atoms with van der Waals surface area (Å²) in [7, 11) is 0. The van der Waals surface area contributed by atoms with Gasteiger partial charge < -0.3 is 10.0 Å². The molecule has 2 aromatic rings. The second-order valence-electron chi connectivity index (χ2n) is 5.24. The summed E-state index contributed by atoms with van der Waals surface area (Å²) in [5.41, 5.74) is 1.47. The number of fused-ring (bicyclic) bond motifs is 1. The van der Waals surface area contributed by atoms with E-state index in [1.165, 1.54) is 0 Å². The van der Waals surface area contributed by atoms with Crippen molar-refractivity contribution in [1.82, 2.24) is 10.2 Å². The smallest absolute Gasteiger partial charge is 0.0672 e. The van der Waals surface area contributed by atoms with Crippen molar-refractivity contribution >= 4 is 28.2 Å². The predicted molar refractivity (Wildman–Crippen MR) is 73.2 cm³/mol. The molecule has 18 heavy (non-hydrogen) atoms. The van der Waals surface area contributed by atoms with E-state index in [9.17, 15) is 5.11 Å². The lowest BCUT2D eigenvalue weighted by molar-refractivity contribution is 0.0351. The average molecular weight is 266 g/mol. The SMILES string of the molecule is CC1(O)CCN(c2cc3[nH]ncc3cc2Cl)CC1. The van der Waals surface area contributed by atoms with Crippen LogP contribution in [0.2, 0.25) is 5.02 Å². The number of aromatic amines is 1. The molecule has 1 aliphatic rings. The molecule has 1 aromatic heterocycles. The summed E-state index contributed by atoms with van der Waals surface area (Å²) < 4.78 is 0. The van der Waals surface area contributed by atoms with Crippen molar-refractivity contribution in [3.63, 3.8) is 0 Å². The molecule has 4 nitrogen and oxygen atoms in total. The van der Waals surface area contributed by atoms with Gasteiger partial charge in [0.25, 0.3) is 0 Å². The molecule has 0 aliphatic carbocycles. The number of hydrogen-bond donors (Lipinski definition) is 2. The number of aromatic nitrogens is 2. The molecule has 0 amide bonds. The van der Waals surface area contributed by atoms with E-state index in [1.807, 2.05) is 19.1 Å². The number of benzene rings is 1. The van der Waals surface area contributed by atoms with Gasteiger partial charge in [-0.3, -0.25) is 5.10 Å². The topological polar surface area (TPSA) is 52.1 Å². The molecular formula is C13H16ClN3O. The highest BCUT2D eigenvalue weighted by molar-refractivity contribution is 6.34. The molecule has 1 saturated heterocycles. The van der Waals surface area contributed by atoms with Crippen molar-refractivity contribution in [2.75, 3.05) is 18.0 Å². The zero-order valence-electron chi connectivity index (χ0n) is 10.3. The van der Waals surface area contributed by atoms with E-state index in [0.29, 0.717) is 0 Å². The maximum Gasteiger partial charge on any atom is 0.0672 e.